The molecule has 3 aromatic heterocycles. The second-order valence-electron chi connectivity index (χ2n) is 6.96. The first-order valence-corrected chi connectivity index (χ1v) is 8.83. The van der Waals surface area contributed by atoms with Gasteiger partial charge in [0.05, 0.1) is 16.9 Å². The van der Waals surface area contributed by atoms with Crippen LogP contribution in [0, 0.1) is 0 Å². The number of fused-ring (bicyclic) bond motifs is 1. The Balaban J connectivity index is 1.57. The summed E-state index contributed by atoms with van der Waals surface area (Å²) in [5.41, 5.74) is 3.36. The topological polar surface area (TPSA) is 49.6 Å². The smallest absolute Gasteiger partial charge is 0.152 e. The molecule has 0 unspecified atom stereocenters. The van der Waals surface area contributed by atoms with Crippen LogP contribution in [0.2, 0.25) is 0 Å². The van der Waals surface area contributed by atoms with E-state index in [9.17, 15) is 0 Å². The van der Waals surface area contributed by atoms with E-state index < -0.39 is 0 Å². The number of rotatable bonds is 4. The van der Waals surface area contributed by atoms with E-state index in [0.29, 0.717) is 5.92 Å². The van der Waals surface area contributed by atoms with Crippen LogP contribution in [0.3, 0.4) is 0 Å². The number of hydrogen-bond donors (Lipinski definition) is 0. The van der Waals surface area contributed by atoms with Crippen molar-refractivity contribution in [2.45, 2.75) is 25.3 Å². The summed E-state index contributed by atoms with van der Waals surface area (Å²) in [6, 6.07) is 4.20. The summed E-state index contributed by atoms with van der Waals surface area (Å²) in [7, 11) is 4.11. The molecule has 6 nitrogen and oxygen atoms in total. The van der Waals surface area contributed by atoms with Crippen LogP contribution in [-0.4, -0.2) is 51.4 Å². The molecule has 0 spiro atoms. The molecule has 1 saturated heterocycles. The van der Waals surface area contributed by atoms with Gasteiger partial charge in [0.25, 0.3) is 0 Å². The molecule has 1 aliphatic rings. The summed E-state index contributed by atoms with van der Waals surface area (Å²) in [5.74, 6) is 1.49. The van der Waals surface area contributed by atoms with Crippen molar-refractivity contribution in [3.63, 3.8) is 0 Å². The van der Waals surface area contributed by atoms with Crippen molar-refractivity contribution in [1.82, 2.24) is 24.3 Å². The molecule has 6 heteroatoms. The predicted molar refractivity (Wildman–Crippen MR) is 98.8 cm³/mol. The highest BCUT2D eigenvalue weighted by Crippen LogP contribution is 2.29. The maximum Gasteiger partial charge on any atom is 0.152 e. The Morgan fingerprint density at radius 2 is 2.20 bits per heavy atom. The van der Waals surface area contributed by atoms with E-state index in [1.807, 2.05) is 6.20 Å². The Hall–Kier alpha value is -2.47. The van der Waals surface area contributed by atoms with Crippen molar-refractivity contribution >= 4 is 11.3 Å². The minimum atomic E-state index is 0.455. The number of anilines is 1. The zero-order valence-corrected chi connectivity index (χ0v) is 14.8. The molecule has 0 radical (unpaired) electrons. The third-order valence-electron chi connectivity index (χ3n) is 4.86. The minimum absolute atomic E-state index is 0.455. The quantitative estimate of drug-likeness (QED) is 0.733. The molecule has 0 aromatic carbocycles. The number of hydrogen-bond acceptors (Lipinski definition) is 5. The van der Waals surface area contributed by atoms with Crippen molar-refractivity contribution in [1.29, 1.82) is 0 Å². The second-order valence-corrected chi connectivity index (χ2v) is 6.96. The van der Waals surface area contributed by atoms with Crippen LogP contribution in [0.1, 0.15) is 30.1 Å². The van der Waals surface area contributed by atoms with Gasteiger partial charge in [0.15, 0.2) is 5.82 Å². The third kappa shape index (κ3) is 3.35. The van der Waals surface area contributed by atoms with Gasteiger partial charge in [-0.3, -0.25) is 14.9 Å². The molecule has 4 heterocycles. The standard InChI is InChI=1S/C19H24N6/c1-23(2)19-18-6-4-10-25(18)14-17(22-19)15-5-3-9-24(12-15)13-16-11-20-7-8-21-16/h4,6-8,10-11,14-15H,3,5,9,12-13H2,1-2H3/t15-/m1/s1. The van der Waals surface area contributed by atoms with Crippen molar-refractivity contribution in [2.75, 3.05) is 32.1 Å². The molecule has 0 N–H and O–H groups in total. The lowest BCUT2D eigenvalue weighted by Crippen LogP contribution is -2.34. The van der Waals surface area contributed by atoms with E-state index >= 15 is 0 Å². The Bertz CT molecular complexity index is 842. The lowest BCUT2D eigenvalue weighted by Gasteiger charge is -2.32. The van der Waals surface area contributed by atoms with Gasteiger partial charge in [-0.05, 0) is 31.5 Å². The first-order valence-electron chi connectivity index (χ1n) is 8.83. The Morgan fingerprint density at radius 1 is 1.28 bits per heavy atom. The molecule has 25 heavy (non-hydrogen) atoms. The molecule has 0 amide bonds. The highest BCUT2D eigenvalue weighted by atomic mass is 15.2. The average molecular weight is 336 g/mol. The van der Waals surface area contributed by atoms with E-state index in [2.05, 4.69) is 62.8 Å². The van der Waals surface area contributed by atoms with Crippen molar-refractivity contribution in [2.24, 2.45) is 0 Å². The maximum absolute atomic E-state index is 4.99. The Labute approximate surface area is 148 Å². The fourth-order valence-electron chi connectivity index (χ4n) is 3.65. The summed E-state index contributed by atoms with van der Waals surface area (Å²) in [5, 5.41) is 0. The lowest BCUT2D eigenvalue weighted by molar-refractivity contribution is 0.196. The maximum atomic E-state index is 4.99. The van der Waals surface area contributed by atoms with E-state index in [1.165, 1.54) is 18.5 Å². The molecular weight excluding hydrogens is 312 g/mol. The van der Waals surface area contributed by atoms with Crippen LogP contribution < -0.4 is 4.90 Å². The van der Waals surface area contributed by atoms with E-state index in [1.54, 1.807) is 12.4 Å². The average Bonchev–Trinajstić information content (AvgIpc) is 3.10. The van der Waals surface area contributed by atoms with Gasteiger partial charge in [-0.15, -0.1) is 0 Å². The number of piperidine rings is 1. The highest BCUT2D eigenvalue weighted by Gasteiger charge is 2.24. The van der Waals surface area contributed by atoms with Crippen molar-refractivity contribution in [3.05, 3.63) is 54.5 Å². The third-order valence-corrected chi connectivity index (χ3v) is 4.86. The predicted octanol–water partition coefficient (Wildman–Crippen LogP) is 2.57. The van der Waals surface area contributed by atoms with Gasteiger partial charge in [-0.1, -0.05) is 0 Å². The van der Waals surface area contributed by atoms with Crippen LogP contribution in [0.25, 0.3) is 5.52 Å². The van der Waals surface area contributed by atoms with Gasteiger partial charge in [0, 0.05) is 64.1 Å². The fraction of sp³-hybridized carbons (Fsp3) is 0.421. The van der Waals surface area contributed by atoms with Gasteiger partial charge in [-0.25, -0.2) is 4.98 Å². The molecule has 1 fully saturated rings. The van der Waals surface area contributed by atoms with E-state index in [-0.39, 0.29) is 0 Å². The van der Waals surface area contributed by atoms with Crippen LogP contribution in [0.4, 0.5) is 5.82 Å². The van der Waals surface area contributed by atoms with Gasteiger partial charge in [-0.2, -0.15) is 0 Å². The molecule has 130 valence electrons. The van der Waals surface area contributed by atoms with E-state index in [0.717, 1.165) is 36.7 Å². The van der Waals surface area contributed by atoms with Crippen LogP contribution >= 0.6 is 0 Å². The SMILES string of the molecule is CN(C)c1nc([C@@H]2CCCN(Cc3cnccn3)C2)cn2cccc12. The molecule has 3 aromatic rings. The summed E-state index contributed by atoms with van der Waals surface area (Å²) >= 11 is 0. The first kappa shape index (κ1) is 16.0. The van der Waals surface area contributed by atoms with Gasteiger partial charge >= 0.3 is 0 Å². The molecule has 1 aliphatic heterocycles. The fourth-order valence-corrected chi connectivity index (χ4v) is 3.65. The molecule has 1 atom stereocenters. The van der Waals surface area contributed by atoms with Crippen LogP contribution in [0.5, 0.6) is 0 Å². The largest absolute Gasteiger partial charge is 0.361 e. The minimum Gasteiger partial charge on any atom is -0.361 e. The highest BCUT2D eigenvalue weighted by molar-refractivity contribution is 5.69. The number of aromatic nitrogens is 4. The summed E-state index contributed by atoms with van der Waals surface area (Å²) in [4.78, 5) is 18.1. The summed E-state index contributed by atoms with van der Waals surface area (Å²) in [6.45, 7) is 2.99. The zero-order valence-electron chi connectivity index (χ0n) is 14.8. The summed E-state index contributed by atoms with van der Waals surface area (Å²) in [6.07, 6.45) is 12.0. The first-order chi connectivity index (χ1) is 12.2. The molecule has 4 rings (SSSR count). The monoisotopic (exact) mass is 336 g/mol. The van der Waals surface area contributed by atoms with Crippen LogP contribution in [-0.2, 0) is 6.54 Å². The second kappa shape index (κ2) is 6.80. The van der Waals surface area contributed by atoms with Crippen LogP contribution in [0.15, 0.2) is 43.1 Å². The van der Waals surface area contributed by atoms with Gasteiger partial charge in [0.1, 0.15) is 0 Å². The lowest BCUT2D eigenvalue weighted by atomic mass is 9.95. The van der Waals surface area contributed by atoms with Gasteiger partial charge in [0.2, 0.25) is 0 Å². The molecule has 0 bridgehead atoms. The molecule has 0 aliphatic carbocycles. The summed E-state index contributed by atoms with van der Waals surface area (Å²) < 4.78 is 2.19. The Kier molecular flexibility index (Phi) is 4.36. The van der Waals surface area contributed by atoms with E-state index in [4.69, 9.17) is 4.98 Å². The number of nitrogens with zero attached hydrogens (tertiary/aromatic N) is 6. The molecular formula is C19H24N6. The zero-order chi connectivity index (χ0) is 17.2. The molecule has 0 saturated carbocycles. The number of likely N-dealkylation sites (tertiary alicyclic amines) is 1. The van der Waals surface area contributed by atoms with Gasteiger partial charge < -0.3 is 9.30 Å². The normalized spacial score (nSPS) is 18.6. The van der Waals surface area contributed by atoms with Crippen molar-refractivity contribution < 1.29 is 0 Å². The van der Waals surface area contributed by atoms with Crippen molar-refractivity contribution in [3.8, 4) is 0 Å². The Morgan fingerprint density at radius 3 is 3.00 bits per heavy atom.